The summed E-state index contributed by atoms with van der Waals surface area (Å²) >= 11 is 0. The summed E-state index contributed by atoms with van der Waals surface area (Å²) in [7, 11) is 1.62. The molecular formula is C48H52N8O6. The lowest BCUT2D eigenvalue weighted by Crippen LogP contribution is -2.54. The second-order valence-corrected chi connectivity index (χ2v) is 15.5. The average Bonchev–Trinajstić information content (AvgIpc) is 3.55. The Kier molecular flexibility index (Phi) is 14.2. The minimum Gasteiger partial charge on any atom is -0.375 e. The Morgan fingerprint density at radius 2 is 1.50 bits per heavy atom. The van der Waals surface area contributed by atoms with Crippen LogP contribution in [-0.2, 0) is 14.4 Å². The zero-order chi connectivity index (χ0) is 43.4. The van der Waals surface area contributed by atoms with E-state index in [4.69, 9.17) is 0 Å². The molecule has 0 aliphatic carbocycles. The van der Waals surface area contributed by atoms with Gasteiger partial charge in [0, 0.05) is 60.9 Å². The molecule has 5 N–H and O–H groups in total. The summed E-state index contributed by atoms with van der Waals surface area (Å²) in [4.78, 5) is 83.9. The Morgan fingerprint density at radius 3 is 2.23 bits per heavy atom. The van der Waals surface area contributed by atoms with E-state index in [0.717, 1.165) is 90.8 Å². The van der Waals surface area contributed by atoms with Gasteiger partial charge in [0.05, 0.1) is 34.4 Å². The van der Waals surface area contributed by atoms with Crippen LogP contribution in [0.3, 0.4) is 0 Å². The Morgan fingerprint density at radius 1 is 0.790 bits per heavy atom. The number of rotatable bonds is 20. The van der Waals surface area contributed by atoms with E-state index in [1.807, 2.05) is 54.6 Å². The van der Waals surface area contributed by atoms with Crippen molar-refractivity contribution in [2.75, 3.05) is 42.2 Å². The highest BCUT2D eigenvalue weighted by molar-refractivity contribution is 6.25. The number of nitrogens with one attached hydrogen (secondary N) is 5. The van der Waals surface area contributed by atoms with Gasteiger partial charge in [-0.15, -0.1) is 0 Å². The third-order valence-corrected chi connectivity index (χ3v) is 11.3. The molecule has 5 aromatic rings. The topological polar surface area (TPSA) is 182 Å². The molecule has 1 atom stereocenters. The first-order valence-electron chi connectivity index (χ1n) is 21.4. The summed E-state index contributed by atoms with van der Waals surface area (Å²) in [5.74, 6) is -2.77. The standard InChI is InChI=1S/C48H52N8O6/c1-49-45(59)37-30-51-38-24-23-34(29-36(38)44(37)53-32-17-10-8-11-18-32)55(33-19-12-9-13-20-33)28-15-7-5-3-2-4-6-14-27-50-42(58)31-52-39-22-16-21-35-43(39)48(62)56(47(35)61)40-25-26-41(57)54-46(40)60/h8-13,16-24,29-30,40,52H,2-7,14-15,25-28,31H2,1H3,(H,49,59)(H,50,58)(H,51,53)(H,54,57,60). The molecule has 0 spiro atoms. The summed E-state index contributed by atoms with van der Waals surface area (Å²) in [6, 6.07) is 30.1. The molecule has 1 aromatic heterocycles. The highest BCUT2D eigenvalue weighted by atomic mass is 16.2. The van der Waals surface area contributed by atoms with Crippen molar-refractivity contribution in [2.45, 2.75) is 70.3 Å². The van der Waals surface area contributed by atoms with E-state index in [1.165, 1.54) is 6.07 Å². The van der Waals surface area contributed by atoms with E-state index < -0.39 is 29.7 Å². The van der Waals surface area contributed by atoms with E-state index in [0.29, 0.717) is 23.5 Å². The van der Waals surface area contributed by atoms with Crippen LogP contribution in [0.5, 0.6) is 0 Å². The molecule has 14 heteroatoms. The van der Waals surface area contributed by atoms with E-state index >= 15 is 0 Å². The SMILES string of the molecule is CNC(=O)c1cnc2ccc(N(CCCCCCCCCCNC(=O)CNc3cccc4c3C(=O)N(C3CCC(=O)NC3=O)C4=O)c3ccccc3)cc2c1Nc1ccccc1. The highest BCUT2D eigenvalue weighted by Crippen LogP contribution is 2.35. The molecule has 320 valence electrons. The van der Waals surface area contributed by atoms with Gasteiger partial charge in [-0.1, -0.05) is 81.0 Å². The lowest BCUT2D eigenvalue weighted by Gasteiger charge is -2.27. The fraction of sp³-hybridized carbons (Fsp3) is 0.312. The van der Waals surface area contributed by atoms with Crippen LogP contribution in [0, 0.1) is 0 Å². The third kappa shape index (κ3) is 10.1. The number of benzene rings is 4. The first-order chi connectivity index (χ1) is 30.2. The maximum Gasteiger partial charge on any atom is 0.264 e. The molecule has 0 bridgehead atoms. The van der Waals surface area contributed by atoms with Crippen molar-refractivity contribution in [2.24, 2.45) is 0 Å². The summed E-state index contributed by atoms with van der Waals surface area (Å²) in [5, 5.41) is 15.2. The average molecular weight is 837 g/mol. The number of hydrogen-bond acceptors (Lipinski definition) is 10. The van der Waals surface area contributed by atoms with Gasteiger partial charge in [-0.25, -0.2) is 0 Å². The Hall–Kier alpha value is -7.09. The number of fused-ring (bicyclic) bond motifs is 2. The van der Waals surface area contributed by atoms with Gasteiger partial charge in [-0.05, 0) is 73.9 Å². The van der Waals surface area contributed by atoms with Crippen LogP contribution in [-0.4, -0.2) is 78.1 Å². The van der Waals surface area contributed by atoms with Gasteiger partial charge in [0.2, 0.25) is 17.7 Å². The van der Waals surface area contributed by atoms with E-state index in [9.17, 15) is 28.8 Å². The number of para-hydroxylation sites is 2. The van der Waals surface area contributed by atoms with Crippen LogP contribution < -0.4 is 31.5 Å². The second kappa shape index (κ2) is 20.4. The van der Waals surface area contributed by atoms with Crippen molar-refractivity contribution in [3.05, 3.63) is 120 Å². The molecule has 3 heterocycles. The highest BCUT2D eigenvalue weighted by Gasteiger charge is 2.45. The van der Waals surface area contributed by atoms with E-state index in [-0.39, 0.29) is 42.3 Å². The van der Waals surface area contributed by atoms with Crippen molar-refractivity contribution in [3.8, 4) is 0 Å². The number of carbonyl (C=O) groups excluding carboxylic acids is 6. The minimum absolute atomic E-state index is 0.0397. The van der Waals surface area contributed by atoms with Gasteiger partial charge in [-0.3, -0.25) is 44.0 Å². The molecule has 2 aliphatic rings. The number of amides is 6. The van der Waals surface area contributed by atoms with Crippen LogP contribution in [0.15, 0.2) is 103 Å². The number of anilines is 5. The maximum atomic E-state index is 13.3. The summed E-state index contributed by atoms with van der Waals surface area (Å²) in [6.07, 6.45) is 10.1. The number of hydrogen-bond donors (Lipinski definition) is 5. The van der Waals surface area contributed by atoms with E-state index in [1.54, 1.807) is 25.4 Å². The fourth-order valence-electron chi connectivity index (χ4n) is 8.05. The number of nitrogens with zero attached hydrogens (tertiary/aromatic N) is 3. The summed E-state index contributed by atoms with van der Waals surface area (Å²) in [5.41, 5.74) is 5.58. The van der Waals surface area contributed by atoms with Crippen molar-refractivity contribution >= 4 is 74.8 Å². The molecule has 7 rings (SSSR count). The normalized spacial score (nSPS) is 14.7. The predicted molar refractivity (Wildman–Crippen MR) is 240 cm³/mol. The van der Waals surface area contributed by atoms with Gasteiger partial charge in [0.25, 0.3) is 17.7 Å². The molecule has 1 unspecified atom stereocenters. The predicted octanol–water partition coefficient (Wildman–Crippen LogP) is 7.23. The van der Waals surface area contributed by atoms with Crippen molar-refractivity contribution in [1.29, 1.82) is 0 Å². The fourth-order valence-corrected chi connectivity index (χ4v) is 8.05. The summed E-state index contributed by atoms with van der Waals surface area (Å²) in [6.45, 7) is 1.28. The van der Waals surface area contributed by atoms with Crippen LogP contribution in [0.4, 0.5) is 28.4 Å². The van der Waals surface area contributed by atoms with Crippen LogP contribution >= 0.6 is 0 Å². The Labute approximate surface area is 360 Å². The lowest BCUT2D eigenvalue weighted by molar-refractivity contribution is -0.136. The maximum absolute atomic E-state index is 13.3. The van der Waals surface area contributed by atoms with E-state index in [2.05, 4.69) is 60.7 Å². The molecule has 4 aromatic carbocycles. The second-order valence-electron chi connectivity index (χ2n) is 15.5. The number of carbonyl (C=O) groups is 6. The molecular weight excluding hydrogens is 785 g/mol. The Balaban J connectivity index is 0.838. The van der Waals surface area contributed by atoms with Gasteiger partial charge in [-0.2, -0.15) is 0 Å². The molecule has 0 saturated carbocycles. The largest absolute Gasteiger partial charge is 0.375 e. The molecule has 2 aliphatic heterocycles. The van der Waals surface area contributed by atoms with Crippen LogP contribution in [0.1, 0.15) is 95.3 Å². The van der Waals surface area contributed by atoms with Gasteiger partial charge in [0.1, 0.15) is 6.04 Å². The first kappa shape index (κ1) is 43.0. The number of piperidine rings is 1. The molecule has 1 saturated heterocycles. The number of unbranched alkanes of at least 4 members (excludes halogenated alkanes) is 7. The van der Waals surface area contributed by atoms with Gasteiger partial charge < -0.3 is 26.2 Å². The van der Waals surface area contributed by atoms with Crippen molar-refractivity contribution in [3.63, 3.8) is 0 Å². The molecule has 0 radical (unpaired) electrons. The van der Waals surface area contributed by atoms with Crippen LogP contribution in [0.2, 0.25) is 0 Å². The van der Waals surface area contributed by atoms with Crippen molar-refractivity contribution in [1.82, 2.24) is 25.8 Å². The number of imide groups is 2. The molecule has 6 amide bonds. The molecule has 62 heavy (non-hydrogen) atoms. The van der Waals surface area contributed by atoms with Gasteiger partial charge >= 0.3 is 0 Å². The smallest absolute Gasteiger partial charge is 0.264 e. The quantitative estimate of drug-likeness (QED) is 0.0397. The van der Waals surface area contributed by atoms with Gasteiger partial charge in [0.15, 0.2) is 0 Å². The monoisotopic (exact) mass is 836 g/mol. The summed E-state index contributed by atoms with van der Waals surface area (Å²) < 4.78 is 0. The minimum atomic E-state index is -1.06. The first-order valence-corrected chi connectivity index (χ1v) is 21.4. The zero-order valence-corrected chi connectivity index (χ0v) is 34.9. The van der Waals surface area contributed by atoms with Crippen molar-refractivity contribution < 1.29 is 28.8 Å². The molecule has 14 nitrogen and oxygen atoms in total. The third-order valence-electron chi connectivity index (χ3n) is 11.3. The lowest BCUT2D eigenvalue weighted by atomic mass is 10.0. The Bertz CT molecular complexity index is 2440. The van der Waals surface area contributed by atoms with Crippen LogP contribution in [0.25, 0.3) is 10.9 Å². The molecule has 1 fully saturated rings. The zero-order valence-electron chi connectivity index (χ0n) is 34.9. The number of aromatic nitrogens is 1. The number of pyridine rings is 1.